The van der Waals surface area contributed by atoms with E-state index in [0.717, 1.165) is 6.42 Å². The van der Waals surface area contributed by atoms with Gasteiger partial charge in [0.1, 0.15) is 0 Å². The van der Waals surface area contributed by atoms with E-state index < -0.39 is 0 Å². The molecule has 1 heterocycles. The van der Waals surface area contributed by atoms with Crippen LogP contribution >= 0.6 is 11.3 Å². The average Bonchev–Trinajstić information content (AvgIpc) is 2.84. The Hall–Kier alpha value is -1.34. The van der Waals surface area contributed by atoms with Crippen molar-refractivity contribution < 1.29 is 0 Å². The first-order valence-corrected chi connectivity index (χ1v) is 6.48. The van der Waals surface area contributed by atoms with Crippen LogP contribution in [0, 0.1) is 6.92 Å². The second-order valence-corrected chi connectivity index (χ2v) is 5.29. The van der Waals surface area contributed by atoms with Crippen molar-refractivity contribution in [2.24, 2.45) is 0 Å². The molecule has 0 nitrogen and oxygen atoms in total. The molecule has 0 aliphatic heterocycles. The van der Waals surface area contributed by atoms with Crippen LogP contribution in [-0.2, 0) is 6.42 Å². The van der Waals surface area contributed by atoms with Gasteiger partial charge in [-0.1, -0.05) is 24.3 Å². The fraction of sp³-hybridized carbons (Fsp3) is 0.200. The van der Waals surface area contributed by atoms with E-state index in [4.69, 9.17) is 0 Å². The highest BCUT2D eigenvalue weighted by Gasteiger charge is 2.20. The van der Waals surface area contributed by atoms with Gasteiger partial charge in [0.15, 0.2) is 0 Å². The first-order chi connectivity index (χ1) is 7.77. The molecule has 0 spiro atoms. The molecule has 16 heavy (non-hydrogen) atoms. The minimum absolute atomic E-state index is 1.10. The van der Waals surface area contributed by atoms with E-state index in [0.29, 0.717) is 0 Å². The highest BCUT2D eigenvalue weighted by atomic mass is 32.1. The molecule has 2 aromatic rings. The lowest BCUT2D eigenvalue weighted by Crippen LogP contribution is -1.84. The summed E-state index contributed by atoms with van der Waals surface area (Å²) < 4.78 is 0. The molecular formula is C15H14S. The molecule has 1 aliphatic carbocycles. The molecule has 0 atom stereocenters. The van der Waals surface area contributed by atoms with Crippen molar-refractivity contribution in [1.82, 2.24) is 0 Å². The van der Waals surface area contributed by atoms with Crippen LogP contribution in [0.5, 0.6) is 0 Å². The summed E-state index contributed by atoms with van der Waals surface area (Å²) in [6.45, 7) is 4.45. The summed E-state index contributed by atoms with van der Waals surface area (Å²) in [6, 6.07) is 11.0. The molecule has 80 valence electrons. The Morgan fingerprint density at radius 1 is 1.06 bits per heavy atom. The first kappa shape index (κ1) is 9.86. The minimum atomic E-state index is 1.10. The summed E-state index contributed by atoms with van der Waals surface area (Å²) in [6.07, 6.45) is 1.10. The number of rotatable bonds is 1. The predicted molar refractivity (Wildman–Crippen MR) is 71.7 cm³/mol. The number of hydrogen-bond donors (Lipinski definition) is 0. The molecule has 3 rings (SSSR count). The number of benzene rings is 1. The monoisotopic (exact) mass is 226 g/mol. The van der Waals surface area contributed by atoms with Crippen molar-refractivity contribution >= 4 is 22.5 Å². The molecule has 1 heteroatoms. The maximum absolute atomic E-state index is 2.25. The van der Waals surface area contributed by atoms with Crippen LogP contribution in [0.4, 0.5) is 0 Å². The predicted octanol–water partition coefficient (Wildman–Crippen LogP) is 4.54. The summed E-state index contributed by atoms with van der Waals surface area (Å²) in [4.78, 5) is 1.47. The third-order valence-electron chi connectivity index (χ3n) is 3.38. The zero-order chi connectivity index (χ0) is 11.1. The Morgan fingerprint density at radius 2 is 1.88 bits per heavy atom. The number of thiophene rings is 1. The van der Waals surface area contributed by atoms with Crippen molar-refractivity contribution in [3.8, 4) is 0 Å². The van der Waals surface area contributed by atoms with Crippen LogP contribution in [0.1, 0.15) is 28.5 Å². The highest BCUT2D eigenvalue weighted by Crippen LogP contribution is 2.40. The Labute approximate surface area is 100 Å². The molecule has 1 aromatic carbocycles. The molecule has 0 fully saturated rings. The minimum Gasteiger partial charge on any atom is -0.144 e. The number of allylic oxidation sites excluding steroid dienone is 2. The Morgan fingerprint density at radius 3 is 2.56 bits per heavy atom. The number of hydrogen-bond acceptors (Lipinski definition) is 1. The van der Waals surface area contributed by atoms with Crippen molar-refractivity contribution in [2.75, 3.05) is 0 Å². The smallest absolute Gasteiger partial charge is 0.0337 e. The summed E-state index contributed by atoms with van der Waals surface area (Å²) in [5.74, 6) is 0. The van der Waals surface area contributed by atoms with Gasteiger partial charge in [0.2, 0.25) is 0 Å². The van der Waals surface area contributed by atoms with Crippen LogP contribution < -0.4 is 0 Å². The van der Waals surface area contributed by atoms with E-state index in [1.54, 1.807) is 0 Å². The summed E-state index contributed by atoms with van der Waals surface area (Å²) in [7, 11) is 0. The van der Waals surface area contributed by atoms with Gasteiger partial charge in [-0.15, -0.1) is 11.3 Å². The van der Waals surface area contributed by atoms with Gasteiger partial charge in [-0.25, -0.2) is 0 Å². The van der Waals surface area contributed by atoms with E-state index in [1.807, 2.05) is 11.3 Å². The lowest BCUT2D eigenvalue weighted by atomic mass is 10.1. The molecule has 0 radical (unpaired) electrons. The quantitative estimate of drug-likeness (QED) is 0.669. The third kappa shape index (κ3) is 1.35. The number of fused-ring (bicyclic) bond motifs is 1. The van der Waals surface area contributed by atoms with Crippen LogP contribution in [0.15, 0.2) is 35.7 Å². The first-order valence-electron chi connectivity index (χ1n) is 5.60. The Bertz CT molecular complexity index is 573. The van der Waals surface area contributed by atoms with Gasteiger partial charge in [-0.2, -0.15) is 0 Å². The molecule has 1 aliphatic rings. The van der Waals surface area contributed by atoms with Crippen LogP contribution in [0.3, 0.4) is 0 Å². The van der Waals surface area contributed by atoms with Gasteiger partial charge in [0.05, 0.1) is 0 Å². The maximum atomic E-state index is 2.25. The van der Waals surface area contributed by atoms with Crippen LogP contribution in [0.2, 0.25) is 0 Å². The highest BCUT2D eigenvalue weighted by molar-refractivity contribution is 7.11. The van der Waals surface area contributed by atoms with E-state index in [2.05, 4.69) is 49.6 Å². The van der Waals surface area contributed by atoms with Gasteiger partial charge >= 0.3 is 0 Å². The fourth-order valence-corrected chi connectivity index (χ4v) is 3.49. The third-order valence-corrected chi connectivity index (χ3v) is 4.45. The molecule has 0 saturated heterocycles. The topological polar surface area (TPSA) is 0 Å². The standard InChI is InChI=1S/C15H14S/c1-10-7-8-16-15(10)14-9-12-5-3-4-6-13(12)11(14)2/h3-8H,9H2,1-2H3. The average molecular weight is 226 g/mol. The summed E-state index contributed by atoms with van der Waals surface area (Å²) in [5, 5.41) is 2.19. The fourth-order valence-electron chi connectivity index (χ4n) is 2.46. The largest absolute Gasteiger partial charge is 0.144 e. The van der Waals surface area contributed by atoms with E-state index in [9.17, 15) is 0 Å². The normalized spacial score (nSPS) is 14.4. The van der Waals surface area contributed by atoms with Gasteiger partial charge in [0.25, 0.3) is 0 Å². The van der Waals surface area contributed by atoms with Crippen molar-refractivity contribution in [1.29, 1.82) is 0 Å². The summed E-state index contributed by atoms with van der Waals surface area (Å²) in [5.41, 5.74) is 7.30. The van der Waals surface area contributed by atoms with Crippen molar-refractivity contribution in [3.05, 3.63) is 57.3 Å². The second kappa shape index (κ2) is 3.60. The Balaban J connectivity index is 2.15. The zero-order valence-corrected chi connectivity index (χ0v) is 10.4. The van der Waals surface area contributed by atoms with Crippen molar-refractivity contribution in [3.63, 3.8) is 0 Å². The lowest BCUT2D eigenvalue weighted by Gasteiger charge is -2.02. The zero-order valence-electron chi connectivity index (χ0n) is 9.58. The molecule has 0 N–H and O–H groups in total. The number of aryl methyl sites for hydroxylation is 1. The van der Waals surface area contributed by atoms with Crippen LogP contribution in [0.25, 0.3) is 11.1 Å². The summed E-state index contributed by atoms with van der Waals surface area (Å²) >= 11 is 1.86. The molecule has 0 bridgehead atoms. The van der Waals surface area contributed by atoms with Gasteiger partial charge in [0, 0.05) is 4.88 Å². The molecule has 0 amide bonds. The van der Waals surface area contributed by atoms with Crippen molar-refractivity contribution in [2.45, 2.75) is 20.3 Å². The molecule has 0 unspecified atom stereocenters. The van der Waals surface area contributed by atoms with E-state index >= 15 is 0 Å². The van der Waals surface area contributed by atoms with Gasteiger partial charge < -0.3 is 0 Å². The lowest BCUT2D eigenvalue weighted by molar-refractivity contribution is 1.32. The van der Waals surface area contributed by atoms with E-state index in [1.165, 1.54) is 32.7 Å². The molecular weight excluding hydrogens is 212 g/mol. The van der Waals surface area contributed by atoms with Crippen LogP contribution in [-0.4, -0.2) is 0 Å². The van der Waals surface area contributed by atoms with Gasteiger partial charge in [-0.3, -0.25) is 0 Å². The second-order valence-electron chi connectivity index (χ2n) is 4.37. The Kier molecular flexibility index (Phi) is 2.22. The van der Waals surface area contributed by atoms with E-state index in [-0.39, 0.29) is 0 Å². The molecule has 0 saturated carbocycles. The molecule has 1 aromatic heterocycles. The maximum Gasteiger partial charge on any atom is 0.0337 e. The SMILES string of the molecule is CC1=C(c2sccc2C)Cc2ccccc21. The van der Waals surface area contributed by atoms with Gasteiger partial charge in [-0.05, 0) is 59.6 Å².